The van der Waals surface area contributed by atoms with Crippen LogP contribution in [0.5, 0.6) is 0 Å². The maximum atomic E-state index is 12.7. The summed E-state index contributed by atoms with van der Waals surface area (Å²) >= 11 is 0. The van der Waals surface area contributed by atoms with Gasteiger partial charge < -0.3 is 10.2 Å². The molecule has 126 valence electrons. The van der Waals surface area contributed by atoms with Crippen molar-refractivity contribution in [2.45, 2.75) is 26.9 Å². The summed E-state index contributed by atoms with van der Waals surface area (Å²) < 4.78 is 0. The van der Waals surface area contributed by atoms with Gasteiger partial charge in [0, 0.05) is 20.1 Å². The molecule has 0 heterocycles. The standard InChI is InChI=1S/C20H24N2O2/c1-20(2,18(23)21-14-16-10-6-4-7-11-16)19(24)22(3)15-17-12-8-5-9-13-17/h4-13H,14-15H2,1-3H3,(H,21,23). The fourth-order valence-electron chi connectivity index (χ4n) is 2.50. The summed E-state index contributed by atoms with van der Waals surface area (Å²) in [5, 5.41) is 2.85. The van der Waals surface area contributed by atoms with Crippen LogP contribution in [0.3, 0.4) is 0 Å². The Morgan fingerprint density at radius 2 is 1.42 bits per heavy atom. The number of hydrogen-bond donors (Lipinski definition) is 1. The first kappa shape index (κ1) is 17.7. The van der Waals surface area contributed by atoms with Gasteiger partial charge in [0.15, 0.2) is 0 Å². The maximum absolute atomic E-state index is 12.7. The Kier molecular flexibility index (Phi) is 5.74. The minimum atomic E-state index is -1.11. The number of nitrogens with one attached hydrogen (secondary N) is 1. The number of benzene rings is 2. The second-order valence-electron chi connectivity index (χ2n) is 6.44. The van der Waals surface area contributed by atoms with Crippen molar-refractivity contribution < 1.29 is 9.59 Å². The summed E-state index contributed by atoms with van der Waals surface area (Å²) in [6.07, 6.45) is 0. The molecular weight excluding hydrogens is 300 g/mol. The van der Waals surface area contributed by atoms with Crippen LogP contribution >= 0.6 is 0 Å². The maximum Gasteiger partial charge on any atom is 0.237 e. The van der Waals surface area contributed by atoms with Crippen molar-refractivity contribution >= 4 is 11.8 Å². The minimum absolute atomic E-state index is 0.197. The summed E-state index contributed by atoms with van der Waals surface area (Å²) in [7, 11) is 1.72. The third-order valence-electron chi connectivity index (χ3n) is 4.01. The molecule has 0 fully saturated rings. The molecule has 2 amide bonds. The monoisotopic (exact) mass is 324 g/mol. The van der Waals surface area contributed by atoms with Gasteiger partial charge in [0.05, 0.1) is 0 Å². The van der Waals surface area contributed by atoms with Gasteiger partial charge in [-0.05, 0) is 25.0 Å². The second kappa shape index (κ2) is 7.77. The lowest BCUT2D eigenvalue weighted by Crippen LogP contribution is -2.48. The third kappa shape index (κ3) is 4.44. The summed E-state index contributed by atoms with van der Waals surface area (Å²) in [5.74, 6) is -0.465. The van der Waals surface area contributed by atoms with Crippen molar-refractivity contribution in [1.82, 2.24) is 10.2 Å². The number of nitrogens with zero attached hydrogens (tertiary/aromatic N) is 1. The molecule has 0 unspecified atom stereocenters. The van der Waals surface area contributed by atoms with E-state index in [0.717, 1.165) is 11.1 Å². The molecule has 4 heteroatoms. The van der Waals surface area contributed by atoms with E-state index in [1.165, 1.54) is 0 Å². The van der Waals surface area contributed by atoms with Crippen LogP contribution in [0.25, 0.3) is 0 Å². The lowest BCUT2D eigenvalue weighted by atomic mass is 9.90. The first-order valence-corrected chi connectivity index (χ1v) is 8.03. The Morgan fingerprint density at radius 1 is 0.917 bits per heavy atom. The molecule has 2 aromatic carbocycles. The van der Waals surface area contributed by atoms with Gasteiger partial charge in [-0.1, -0.05) is 60.7 Å². The van der Waals surface area contributed by atoms with Gasteiger partial charge in [-0.15, -0.1) is 0 Å². The largest absolute Gasteiger partial charge is 0.351 e. The van der Waals surface area contributed by atoms with Crippen molar-refractivity contribution in [2.24, 2.45) is 5.41 Å². The highest BCUT2D eigenvalue weighted by Crippen LogP contribution is 2.20. The first-order valence-electron chi connectivity index (χ1n) is 8.03. The van der Waals surface area contributed by atoms with E-state index in [-0.39, 0.29) is 11.8 Å². The lowest BCUT2D eigenvalue weighted by Gasteiger charge is -2.28. The molecule has 2 rings (SSSR count). The second-order valence-corrected chi connectivity index (χ2v) is 6.44. The Hall–Kier alpha value is -2.62. The van der Waals surface area contributed by atoms with E-state index in [1.54, 1.807) is 25.8 Å². The van der Waals surface area contributed by atoms with E-state index < -0.39 is 5.41 Å². The predicted molar refractivity (Wildman–Crippen MR) is 95.0 cm³/mol. The quantitative estimate of drug-likeness (QED) is 0.831. The van der Waals surface area contributed by atoms with Crippen LogP contribution in [0.1, 0.15) is 25.0 Å². The van der Waals surface area contributed by atoms with Gasteiger partial charge in [0.25, 0.3) is 0 Å². The Morgan fingerprint density at radius 3 is 1.96 bits per heavy atom. The molecule has 2 aromatic rings. The third-order valence-corrected chi connectivity index (χ3v) is 4.01. The minimum Gasteiger partial charge on any atom is -0.351 e. The topological polar surface area (TPSA) is 49.4 Å². The highest BCUT2D eigenvalue weighted by atomic mass is 16.2. The molecule has 0 saturated carbocycles. The zero-order valence-electron chi connectivity index (χ0n) is 14.5. The van der Waals surface area contributed by atoms with Crippen molar-refractivity contribution in [3.05, 3.63) is 71.8 Å². The van der Waals surface area contributed by atoms with Gasteiger partial charge in [0.2, 0.25) is 11.8 Å². The summed E-state index contributed by atoms with van der Waals surface area (Å²) in [6.45, 7) is 4.22. The van der Waals surface area contributed by atoms with Crippen LogP contribution in [0.2, 0.25) is 0 Å². The molecule has 24 heavy (non-hydrogen) atoms. The molecule has 1 N–H and O–H groups in total. The van der Waals surface area contributed by atoms with Crippen molar-refractivity contribution in [1.29, 1.82) is 0 Å². The molecule has 0 atom stereocenters. The van der Waals surface area contributed by atoms with Crippen LogP contribution in [-0.2, 0) is 22.7 Å². The van der Waals surface area contributed by atoms with E-state index in [0.29, 0.717) is 13.1 Å². The molecular formula is C20H24N2O2. The smallest absolute Gasteiger partial charge is 0.237 e. The molecule has 0 bridgehead atoms. The van der Waals surface area contributed by atoms with Crippen LogP contribution in [0, 0.1) is 5.41 Å². The van der Waals surface area contributed by atoms with Crippen molar-refractivity contribution in [2.75, 3.05) is 7.05 Å². The van der Waals surface area contributed by atoms with Crippen molar-refractivity contribution in [3.63, 3.8) is 0 Å². The SMILES string of the molecule is CN(Cc1ccccc1)C(=O)C(C)(C)C(=O)NCc1ccccc1. The van der Waals surface area contributed by atoms with Crippen molar-refractivity contribution in [3.8, 4) is 0 Å². The van der Waals surface area contributed by atoms with Crippen LogP contribution in [0.15, 0.2) is 60.7 Å². The molecule has 0 saturated heterocycles. The number of hydrogen-bond acceptors (Lipinski definition) is 2. The first-order chi connectivity index (χ1) is 11.4. The summed E-state index contributed by atoms with van der Waals surface area (Å²) in [5.41, 5.74) is 0.929. The molecule has 0 aliphatic heterocycles. The zero-order valence-corrected chi connectivity index (χ0v) is 14.5. The fraction of sp³-hybridized carbons (Fsp3) is 0.300. The van der Waals surface area contributed by atoms with Gasteiger partial charge in [-0.2, -0.15) is 0 Å². The van der Waals surface area contributed by atoms with Gasteiger partial charge in [-0.3, -0.25) is 9.59 Å². The molecule has 0 aromatic heterocycles. The zero-order chi connectivity index (χ0) is 17.6. The van der Waals surface area contributed by atoms with Gasteiger partial charge in [0.1, 0.15) is 5.41 Å². The predicted octanol–water partition coefficient (Wildman–Crippen LogP) is 2.99. The average molecular weight is 324 g/mol. The van der Waals surface area contributed by atoms with Gasteiger partial charge >= 0.3 is 0 Å². The van der Waals surface area contributed by atoms with E-state index in [1.807, 2.05) is 60.7 Å². The highest BCUT2D eigenvalue weighted by Gasteiger charge is 2.37. The molecule has 0 aliphatic carbocycles. The Labute approximate surface area is 143 Å². The normalized spacial score (nSPS) is 11.0. The van der Waals surface area contributed by atoms with E-state index in [2.05, 4.69) is 5.32 Å². The van der Waals surface area contributed by atoms with Gasteiger partial charge in [-0.25, -0.2) is 0 Å². The molecule has 4 nitrogen and oxygen atoms in total. The van der Waals surface area contributed by atoms with Crippen LogP contribution in [-0.4, -0.2) is 23.8 Å². The van der Waals surface area contributed by atoms with E-state index in [4.69, 9.17) is 0 Å². The Bertz CT molecular complexity index is 681. The molecule has 0 radical (unpaired) electrons. The number of amides is 2. The number of rotatable bonds is 6. The average Bonchev–Trinajstić information content (AvgIpc) is 2.60. The summed E-state index contributed by atoms with van der Waals surface area (Å²) in [4.78, 5) is 26.8. The van der Waals surface area contributed by atoms with Crippen LogP contribution < -0.4 is 5.32 Å². The van der Waals surface area contributed by atoms with E-state index >= 15 is 0 Å². The summed E-state index contributed by atoms with van der Waals surface area (Å²) in [6, 6.07) is 19.4. The fourth-order valence-corrected chi connectivity index (χ4v) is 2.50. The number of carbonyl (C=O) groups is 2. The molecule has 0 spiro atoms. The molecule has 0 aliphatic rings. The number of carbonyl (C=O) groups excluding carboxylic acids is 2. The lowest BCUT2D eigenvalue weighted by molar-refractivity contribution is -0.148. The van der Waals surface area contributed by atoms with E-state index in [9.17, 15) is 9.59 Å². The highest BCUT2D eigenvalue weighted by molar-refractivity contribution is 6.04. The Balaban J connectivity index is 1.96. The van der Waals surface area contributed by atoms with Crippen LogP contribution in [0.4, 0.5) is 0 Å².